The number of nitrogens with one attached hydrogen (secondary N) is 1. The Balaban J connectivity index is 1.72. The number of hydrogen-bond donors (Lipinski definition) is 1. The molecular formula is C14H16ClN3O2S. The molecule has 0 aliphatic rings. The van der Waals surface area contributed by atoms with E-state index >= 15 is 0 Å². The molecule has 1 amide bonds. The van der Waals surface area contributed by atoms with E-state index in [2.05, 4.69) is 15.5 Å². The highest BCUT2D eigenvalue weighted by molar-refractivity contribution is 7.15. The van der Waals surface area contributed by atoms with E-state index in [1.165, 1.54) is 16.9 Å². The molecule has 0 aliphatic heterocycles. The van der Waals surface area contributed by atoms with Gasteiger partial charge in [-0.15, -0.1) is 10.2 Å². The third-order valence-electron chi connectivity index (χ3n) is 2.76. The lowest BCUT2D eigenvalue weighted by atomic mass is 10.1. The molecule has 1 aromatic heterocycles. The Kier molecular flexibility index (Phi) is 6.10. The summed E-state index contributed by atoms with van der Waals surface area (Å²) in [5, 5.41) is 12.5. The standard InChI is InChI=1S/C14H16ClN3O2S/c1-20-9-13-17-18-14(21-13)16-12(19)4-2-3-10-5-7-11(15)8-6-10/h5-8H,2-4,9H2,1H3,(H,16,18,19). The fraction of sp³-hybridized carbons (Fsp3) is 0.357. The average Bonchev–Trinajstić information content (AvgIpc) is 2.89. The van der Waals surface area contributed by atoms with Crippen LogP contribution in [-0.2, 0) is 22.6 Å². The zero-order valence-electron chi connectivity index (χ0n) is 11.6. The van der Waals surface area contributed by atoms with Crippen molar-refractivity contribution in [2.75, 3.05) is 12.4 Å². The Labute approximate surface area is 132 Å². The van der Waals surface area contributed by atoms with Gasteiger partial charge in [-0.3, -0.25) is 4.79 Å². The van der Waals surface area contributed by atoms with Gasteiger partial charge in [0.2, 0.25) is 11.0 Å². The zero-order valence-corrected chi connectivity index (χ0v) is 13.2. The van der Waals surface area contributed by atoms with E-state index in [0.717, 1.165) is 22.9 Å². The zero-order chi connectivity index (χ0) is 15.1. The van der Waals surface area contributed by atoms with Crippen molar-refractivity contribution in [3.05, 3.63) is 39.9 Å². The van der Waals surface area contributed by atoms with Crippen LogP contribution in [0.2, 0.25) is 5.02 Å². The predicted octanol–water partition coefficient (Wildman–Crippen LogP) is 3.30. The van der Waals surface area contributed by atoms with Crippen molar-refractivity contribution in [2.45, 2.75) is 25.9 Å². The van der Waals surface area contributed by atoms with Gasteiger partial charge >= 0.3 is 0 Å². The molecule has 112 valence electrons. The molecule has 0 fully saturated rings. The quantitative estimate of drug-likeness (QED) is 0.848. The Bertz CT molecular complexity index is 586. The molecular weight excluding hydrogens is 310 g/mol. The number of hydrogen-bond acceptors (Lipinski definition) is 5. The number of amides is 1. The molecule has 2 rings (SSSR count). The average molecular weight is 326 g/mol. The molecule has 0 saturated carbocycles. The summed E-state index contributed by atoms with van der Waals surface area (Å²) in [7, 11) is 1.59. The number of carbonyl (C=O) groups is 1. The van der Waals surface area contributed by atoms with Gasteiger partial charge in [-0.25, -0.2) is 0 Å². The van der Waals surface area contributed by atoms with Crippen molar-refractivity contribution in [3.8, 4) is 0 Å². The van der Waals surface area contributed by atoms with Crippen LogP contribution in [0.15, 0.2) is 24.3 Å². The van der Waals surface area contributed by atoms with Crippen molar-refractivity contribution in [1.29, 1.82) is 0 Å². The molecule has 0 unspecified atom stereocenters. The number of rotatable bonds is 7. The number of benzene rings is 1. The first-order valence-corrected chi connectivity index (χ1v) is 7.72. The van der Waals surface area contributed by atoms with Gasteiger partial charge in [0.05, 0.1) is 0 Å². The summed E-state index contributed by atoms with van der Waals surface area (Å²) in [6.45, 7) is 0.407. The highest BCUT2D eigenvalue weighted by atomic mass is 35.5. The number of ether oxygens (including phenoxy) is 1. The molecule has 0 radical (unpaired) electrons. The van der Waals surface area contributed by atoms with Crippen molar-refractivity contribution < 1.29 is 9.53 Å². The van der Waals surface area contributed by atoms with Crippen molar-refractivity contribution in [1.82, 2.24) is 10.2 Å². The van der Waals surface area contributed by atoms with Crippen LogP contribution in [0.3, 0.4) is 0 Å². The molecule has 21 heavy (non-hydrogen) atoms. The summed E-state index contributed by atoms with van der Waals surface area (Å²) in [5.41, 5.74) is 1.17. The molecule has 1 aromatic carbocycles. The van der Waals surface area contributed by atoms with Gasteiger partial charge in [0, 0.05) is 18.6 Å². The number of anilines is 1. The maximum absolute atomic E-state index is 11.8. The molecule has 0 spiro atoms. The topological polar surface area (TPSA) is 64.1 Å². The molecule has 7 heteroatoms. The van der Waals surface area contributed by atoms with E-state index in [4.69, 9.17) is 16.3 Å². The van der Waals surface area contributed by atoms with Crippen LogP contribution in [0.25, 0.3) is 0 Å². The van der Waals surface area contributed by atoms with Crippen LogP contribution in [0.5, 0.6) is 0 Å². The van der Waals surface area contributed by atoms with E-state index < -0.39 is 0 Å². The van der Waals surface area contributed by atoms with Crippen LogP contribution in [0.4, 0.5) is 5.13 Å². The van der Waals surface area contributed by atoms with E-state index in [9.17, 15) is 4.79 Å². The van der Waals surface area contributed by atoms with Crippen molar-refractivity contribution >= 4 is 34.0 Å². The molecule has 0 atom stereocenters. The van der Waals surface area contributed by atoms with Crippen molar-refractivity contribution in [3.63, 3.8) is 0 Å². The molecule has 5 nitrogen and oxygen atoms in total. The lowest BCUT2D eigenvalue weighted by Crippen LogP contribution is -2.11. The molecule has 2 aromatic rings. The third-order valence-corrected chi connectivity index (χ3v) is 3.83. The maximum atomic E-state index is 11.8. The number of halogens is 1. The van der Waals surface area contributed by atoms with Crippen LogP contribution < -0.4 is 5.32 Å². The number of aromatic nitrogens is 2. The summed E-state index contributed by atoms with van der Waals surface area (Å²) >= 11 is 7.15. The summed E-state index contributed by atoms with van der Waals surface area (Å²) in [6, 6.07) is 7.66. The number of nitrogens with zero attached hydrogens (tertiary/aromatic N) is 2. The summed E-state index contributed by atoms with van der Waals surface area (Å²) < 4.78 is 4.95. The van der Waals surface area contributed by atoms with Gasteiger partial charge in [-0.1, -0.05) is 35.1 Å². The Hall–Kier alpha value is -1.50. The second kappa shape index (κ2) is 8.07. The fourth-order valence-electron chi connectivity index (χ4n) is 1.77. The largest absolute Gasteiger partial charge is 0.377 e. The van der Waals surface area contributed by atoms with Crippen LogP contribution >= 0.6 is 22.9 Å². The highest BCUT2D eigenvalue weighted by Crippen LogP contribution is 2.16. The van der Waals surface area contributed by atoms with Gasteiger partial charge in [0.15, 0.2) is 0 Å². The molecule has 0 saturated heterocycles. The van der Waals surface area contributed by atoms with Crippen LogP contribution in [-0.4, -0.2) is 23.2 Å². The Morgan fingerprint density at radius 2 is 2.10 bits per heavy atom. The van der Waals surface area contributed by atoms with E-state index in [0.29, 0.717) is 18.2 Å². The molecule has 0 aliphatic carbocycles. The number of methoxy groups -OCH3 is 1. The van der Waals surface area contributed by atoms with E-state index in [1.807, 2.05) is 24.3 Å². The summed E-state index contributed by atoms with van der Waals surface area (Å²) in [6.07, 6.45) is 2.06. The van der Waals surface area contributed by atoms with Gasteiger partial charge in [-0.05, 0) is 30.5 Å². The monoisotopic (exact) mass is 325 g/mol. The first-order chi connectivity index (χ1) is 10.2. The number of carbonyl (C=O) groups excluding carboxylic acids is 1. The van der Waals surface area contributed by atoms with Gasteiger partial charge in [0.25, 0.3) is 0 Å². The van der Waals surface area contributed by atoms with Gasteiger partial charge < -0.3 is 10.1 Å². The highest BCUT2D eigenvalue weighted by Gasteiger charge is 2.08. The van der Waals surface area contributed by atoms with Gasteiger partial charge in [0.1, 0.15) is 11.6 Å². The van der Waals surface area contributed by atoms with E-state index in [1.54, 1.807) is 7.11 Å². The third kappa shape index (κ3) is 5.41. The second-order valence-electron chi connectivity index (χ2n) is 4.46. The van der Waals surface area contributed by atoms with Crippen LogP contribution in [0, 0.1) is 0 Å². The molecule has 1 N–H and O–H groups in total. The Morgan fingerprint density at radius 3 is 2.81 bits per heavy atom. The Morgan fingerprint density at radius 1 is 1.33 bits per heavy atom. The molecule has 0 bridgehead atoms. The minimum absolute atomic E-state index is 0.0518. The van der Waals surface area contributed by atoms with E-state index in [-0.39, 0.29) is 5.91 Å². The fourth-order valence-corrected chi connectivity index (χ4v) is 2.63. The minimum Gasteiger partial charge on any atom is -0.377 e. The maximum Gasteiger partial charge on any atom is 0.226 e. The van der Waals surface area contributed by atoms with Crippen LogP contribution in [0.1, 0.15) is 23.4 Å². The predicted molar refractivity (Wildman–Crippen MR) is 83.6 cm³/mol. The normalized spacial score (nSPS) is 10.6. The lowest BCUT2D eigenvalue weighted by Gasteiger charge is -2.02. The summed E-state index contributed by atoms with van der Waals surface area (Å²) in [5.74, 6) is -0.0518. The smallest absolute Gasteiger partial charge is 0.226 e. The van der Waals surface area contributed by atoms with Gasteiger partial charge in [-0.2, -0.15) is 0 Å². The number of aryl methyl sites for hydroxylation is 1. The first kappa shape index (κ1) is 15.9. The first-order valence-electron chi connectivity index (χ1n) is 6.53. The molecule has 1 heterocycles. The summed E-state index contributed by atoms with van der Waals surface area (Å²) in [4.78, 5) is 11.8. The van der Waals surface area contributed by atoms with Crippen molar-refractivity contribution in [2.24, 2.45) is 0 Å². The minimum atomic E-state index is -0.0518. The lowest BCUT2D eigenvalue weighted by molar-refractivity contribution is -0.116. The second-order valence-corrected chi connectivity index (χ2v) is 5.96. The SMILES string of the molecule is COCc1nnc(NC(=O)CCCc2ccc(Cl)cc2)s1.